The SMILES string of the molecule is O=C1OCCCc2cc3ccccc3n2C(=O)OCCCc2cc3ccccc3n2C(=O)OCCCc2cc3ccccc3n21. The van der Waals surface area contributed by atoms with Crippen LogP contribution in [0.3, 0.4) is 0 Å². The van der Waals surface area contributed by atoms with E-state index in [1.54, 1.807) is 13.7 Å². The molecule has 0 amide bonds. The van der Waals surface area contributed by atoms with Gasteiger partial charge in [-0.05, 0) is 74.9 Å². The van der Waals surface area contributed by atoms with Crippen LogP contribution in [0.25, 0.3) is 32.7 Å². The van der Waals surface area contributed by atoms with Gasteiger partial charge < -0.3 is 14.2 Å². The maximum atomic E-state index is 13.4. The fourth-order valence-electron chi connectivity index (χ4n) is 6.27. The Morgan fingerprint density at radius 1 is 0.422 bits per heavy atom. The number of para-hydroxylation sites is 3. The van der Waals surface area contributed by atoms with Gasteiger partial charge in [-0.2, -0.15) is 0 Å². The van der Waals surface area contributed by atoms with Crippen LogP contribution in [0.15, 0.2) is 91.0 Å². The Bertz CT molecular complexity index is 1820. The Kier molecular flexibility index (Phi) is 7.82. The molecule has 3 aromatic carbocycles. The van der Waals surface area contributed by atoms with Crippen LogP contribution in [0.1, 0.15) is 36.3 Å². The van der Waals surface area contributed by atoms with Crippen LogP contribution in [-0.4, -0.2) is 51.8 Å². The predicted octanol–water partition coefficient (Wildman–Crippen LogP) is 7.72. The van der Waals surface area contributed by atoms with Crippen molar-refractivity contribution in [1.82, 2.24) is 13.7 Å². The summed E-state index contributed by atoms with van der Waals surface area (Å²) < 4.78 is 22.1. The molecule has 4 heterocycles. The minimum absolute atomic E-state index is 0.186. The first-order chi connectivity index (χ1) is 22.1. The van der Waals surface area contributed by atoms with E-state index >= 15 is 0 Å². The molecule has 7 rings (SSSR count). The molecule has 0 unspecified atom stereocenters. The summed E-state index contributed by atoms with van der Waals surface area (Å²) >= 11 is 0. The Balaban J connectivity index is 1.21. The molecule has 0 radical (unpaired) electrons. The maximum Gasteiger partial charge on any atom is 0.418 e. The Hall–Kier alpha value is -5.31. The number of carbonyl (C=O) groups is 3. The average Bonchev–Trinajstić information content (AvgIpc) is 3.73. The van der Waals surface area contributed by atoms with E-state index in [0.717, 1.165) is 49.8 Å². The molecule has 3 aromatic heterocycles. The number of aryl methyl sites for hydroxylation is 3. The number of rotatable bonds is 0. The topological polar surface area (TPSA) is 93.7 Å². The number of benzene rings is 3. The molecule has 0 bridgehead atoms. The summed E-state index contributed by atoms with van der Waals surface area (Å²) in [4.78, 5) is 40.2. The van der Waals surface area contributed by atoms with Gasteiger partial charge in [0.05, 0.1) is 36.4 Å². The first kappa shape index (κ1) is 28.5. The lowest BCUT2D eigenvalue weighted by Gasteiger charge is -2.12. The van der Waals surface area contributed by atoms with Crippen molar-refractivity contribution in [2.45, 2.75) is 38.5 Å². The van der Waals surface area contributed by atoms with E-state index in [1.165, 1.54) is 0 Å². The number of aromatic nitrogens is 3. The van der Waals surface area contributed by atoms with Gasteiger partial charge in [-0.1, -0.05) is 54.6 Å². The van der Waals surface area contributed by atoms with Gasteiger partial charge in [0.2, 0.25) is 0 Å². The van der Waals surface area contributed by atoms with Crippen molar-refractivity contribution in [3.8, 4) is 0 Å². The van der Waals surface area contributed by atoms with E-state index in [4.69, 9.17) is 14.2 Å². The molecule has 0 saturated carbocycles. The van der Waals surface area contributed by atoms with E-state index in [2.05, 4.69) is 0 Å². The highest BCUT2D eigenvalue weighted by Gasteiger charge is 2.20. The summed E-state index contributed by atoms with van der Waals surface area (Å²) in [5, 5.41) is 2.80. The fraction of sp³-hybridized carbons (Fsp3) is 0.250. The van der Waals surface area contributed by atoms with Gasteiger partial charge in [0, 0.05) is 33.2 Å². The normalized spacial score (nSPS) is 15.9. The molecular formula is C36H33N3O6. The van der Waals surface area contributed by atoms with Crippen molar-refractivity contribution in [2.24, 2.45) is 0 Å². The van der Waals surface area contributed by atoms with E-state index in [1.807, 2.05) is 91.0 Å². The third-order valence-electron chi connectivity index (χ3n) is 8.32. The Morgan fingerprint density at radius 2 is 0.711 bits per heavy atom. The smallest absolute Gasteiger partial charge is 0.418 e. The monoisotopic (exact) mass is 603 g/mol. The number of hydrogen-bond donors (Lipinski definition) is 0. The minimum Gasteiger partial charge on any atom is -0.449 e. The van der Waals surface area contributed by atoms with Crippen molar-refractivity contribution in [3.63, 3.8) is 0 Å². The van der Waals surface area contributed by atoms with Gasteiger partial charge in [0.15, 0.2) is 0 Å². The van der Waals surface area contributed by atoms with Crippen LogP contribution >= 0.6 is 0 Å². The summed E-state index contributed by atoms with van der Waals surface area (Å²) in [6.07, 6.45) is 1.79. The third-order valence-corrected chi connectivity index (χ3v) is 8.32. The highest BCUT2D eigenvalue weighted by atomic mass is 16.6. The highest BCUT2D eigenvalue weighted by molar-refractivity contribution is 5.92. The lowest BCUT2D eigenvalue weighted by atomic mass is 10.2. The van der Waals surface area contributed by atoms with Gasteiger partial charge in [0.25, 0.3) is 0 Å². The molecular weight excluding hydrogens is 570 g/mol. The van der Waals surface area contributed by atoms with Crippen LogP contribution in [-0.2, 0) is 33.5 Å². The number of fused-ring (bicyclic) bond motifs is 9. The van der Waals surface area contributed by atoms with Crippen LogP contribution in [0.4, 0.5) is 14.4 Å². The van der Waals surface area contributed by atoms with Gasteiger partial charge in [-0.15, -0.1) is 0 Å². The molecule has 0 saturated heterocycles. The summed E-state index contributed by atoms with van der Waals surface area (Å²) in [6, 6.07) is 29.0. The molecule has 0 spiro atoms. The average molecular weight is 604 g/mol. The third kappa shape index (κ3) is 5.57. The quantitative estimate of drug-likeness (QED) is 0.165. The number of cyclic esters (lactones) is 3. The number of ether oxygens (including phenoxy) is 3. The largest absolute Gasteiger partial charge is 0.449 e. The summed E-state index contributed by atoms with van der Waals surface area (Å²) in [5.41, 5.74) is 4.66. The number of nitrogens with zero attached hydrogens (tertiary/aromatic N) is 3. The van der Waals surface area contributed by atoms with E-state index in [0.29, 0.717) is 38.5 Å². The van der Waals surface area contributed by atoms with Crippen molar-refractivity contribution < 1.29 is 28.6 Å². The molecule has 1 aliphatic heterocycles. The summed E-state index contributed by atoms with van der Waals surface area (Å²) in [6.45, 7) is 0.558. The van der Waals surface area contributed by atoms with Crippen LogP contribution in [0.5, 0.6) is 0 Å². The molecule has 9 nitrogen and oxygen atoms in total. The highest BCUT2D eigenvalue weighted by Crippen LogP contribution is 2.25. The lowest BCUT2D eigenvalue weighted by molar-refractivity contribution is 0.143. The second-order valence-electron chi connectivity index (χ2n) is 11.2. The molecule has 228 valence electrons. The van der Waals surface area contributed by atoms with Crippen molar-refractivity contribution >= 4 is 51.0 Å². The molecule has 0 N–H and O–H groups in total. The predicted molar refractivity (Wildman–Crippen MR) is 171 cm³/mol. The van der Waals surface area contributed by atoms with Crippen molar-refractivity contribution in [3.05, 3.63) is 108 Å². The Morgan fingerprint density at radius 3 is 1.02 bits per heavy atom. The van der Waals surface area contributed by atoms with Crippen molar-refractivity contribution in [2.75, 3.05) is 19.8 Å². The second kappa shape index (κ2) is 12.4. The van der Waals surface area contributed by atoms with E-state index < -0.39 is 18.3 Å². The van der Waals surface area contributed by atoms with Gasteiger partial charge >= 0.3 is 18.3 Å². The first-order valence-electron chi connectivity index (χ1n) is 15.4. The van der Waals surface area contributed by atoms with Crippen LogP contribution in [0, 0.1) is 0 Å². The number of hydrogen-bond acceptors (Lipinski definition) is 6. The summed E-state index contributed by atoms with van der Waals surface area (Å²) in [7, 11) is 0. The standard InChI is InChI=1S/C36H33N3O6/c40-34-37-28(22-25-10-1-4-16-31(25)37)13-7-19-44-35(41)38-30(24-27-12-2-5-17-32(27)38)15-9-21-45-36(42)39-29(14-8-20-43-34)23-26-11-3-6-18-33(26)39/h1-6,10-12,16-18,22-24H,7-9,13-15,19-21H2. The molecule has 1 aliphatic rings. The molecule has 0 fully saturated rings. The summed E-state index contributed by atoms with van der Waals surface area (Å²) in [5.74, 6) is 0. The van der Waals surface area contributed by atoms with E-state index in [9.17, 15) is 14.4 Å². The maximum absolute atomic E-state index is 13.4. The first-order valence-corrected chi connectivity index (χ1v) is 15.4. The zero-order chi connectivity index (χ0) is 30.8. The van der Waals surface area contributed by atoms with Crippen LogP contribution in [0.2, 0.25) is 0 Å². The molecule has 0 aliphatic carbocycles. The zero-order valence-corrected chi connectivity index (χ0v) is 24.8. The Labute approximate surface area is 259 Å². The fourth-order valence-corrected chi connectivity index (χ4v) is 6.27. The van der Waals surface area contributed by atoms with Gasteiger partial charge in [0.1, 0.15) is 0 Å². The van der Waals surface area contributed by atoms with Crippen molar-refractivity contribution in [1.29, 1.82) is 0 Å². The molecule has 9 heteroatoms. The van der Waals surface area contributed by atoms with Crippen LogP contribution < -0.4 is 0 Å². The second-order valence-corrected chi connectivity index (χ2v) is 11.2. The lowest BCUT2D eigenvalue weighted by Crippen LogP contribution is -2.19. The molecule has 6 aromatic rings. The molecule has 0 atom stereocenters. The minimum atomic E-state index is -0.461. The number of carbonyl (C=O) groups excluding carboxylic acids is 3. The van der Waals surface area contributed by atoms with Gasteiger partial charge in [-0.25, -0.2) is 28.1 Å². The molecule has 45 heavy (non-hydrogen) atoms. The van der Waals surface area contributed by atoms with Gasteiger partial charge in [-0.3, -0.25) is 0 Å². The zero-order valence-electron chi connectivity index (χ0n) is 24.8. The van der Waals surface area contributed by atoms with E-state index in [-0.39, 0.29) is 19.8 Å².